The van der Waals surface area contributed by atoms with Crippen molar-refractivity contribution in [2.75, 3.05) is 31.5 Å². The van der Waals surface area contributed by atoms with Gasteiger partial charge >= 0.3 is 0 Å². The lowest BCUT2D eigenvalue weighted by atomic mass is 10.3. The highest BCUT2D eigenvalue weighted by molar-refractivity contribution is 9.10. The Morgan fingerprint density at radius 1 is 1.17 bits per heavy atom. The smallest absolute Gasteiger partial charge is 0.147 e. The number of nitrogens with one attached hydrogen (secondary N) is 1. The molecular formula is C13H17BrF2N2. The molecule has 18 heavy (non-hydrogen) atoms. The molecule has 0 spiro atoms. The van der Waals surface area contributed by atoms with Crippen LogP contribution in [0.2, 0.25) is 0 Å². The van der Waals surface area contributed by atoms with E-state index in [4.69, 9.17) is 0 Å². The second kappa shape index (κ2) is 6.48. The monoisotopic (exact) mass is 318 g/mol. The number of anilines is 1. The van der Waals surface area contributed by atoms with Gasteiger partial charge in [0.05, 0.1) is 10.2 Å². The molecule has 0 aromatic heterocycles. The number of hydrogen-bond acceptors (Lipinski definition) is 2. The third kappa shape index (κ3) is 3.65. The molecule has 1 aliphatic heterocycles. The van der Waals surface area contributed by atoms with Crippen LogP contribution < -0.4 is 5.32 Å². The van der Waals surface area contributed by atoms with Gasteiger partial charge in [0, 0.05) is 12.6 Å². The molecule has 0 atom stereocenters. The summed E-state index contributed by atoms with van der Waals surface area (Å²) < 4.78 is 26.9. The maximum atomic E-state index is 13.5. The molecule has 2 rings (SSSR count). The minimum absolute atomic E-state index is 0.155. The van der Waals surface area contributed by atoms with Crippen molar-refractivity contribution < 1.29 is 8.78 Å². The van der Waals surface area contributed by atoms with Gasteiger partial charge in [0.2, 0.25) is 0 Å². The first-order valence-corrected chi connectivity index (χ1v) is 7.07. The van der Waals surface area contributed by atoms with E-state index in [2.05, 4.69) is 26.1 Å². The van der Waals surface area contributed by atoms with Crippen LogP contribution in [0.25, 0.3) is 0 Å². The molecule has 2 nitrogen and oxygen atoms in total. The molecule has 0 unspecified atom stereocenters. The van der Waals surface area contributed by atoms with Crippen molar-refractivity contribution in [2.24, 2.45) is 0 Å². The van der Waals surface area contributed by atoms with Crippen LogP contribution in [0.15, 0.2) is 16.6 Å². The van der Waals surface area contributed by atoms with Gasteiger partial charge in [-0.2, -0.15) is 0 Å². The SMILES string of the molecule is Fc1cc(NCCCN2CCCC2)c(F)cc1Br. The second-order valence-corrected chi connectivity index (χ2v) is 5.43. The van der Waals surface area contributed by atoms with Gasteiger partial charge in [0.25, 0.3) is 0 Å². The first-order valence-electron chi connectivity index (χ1n) is 6.27. The maximum absolute atomic E-state index is 13.5. The summed E-state index contributed by atoms with van der Waals surface area (Å²) in [7, 11) is 0. The molecule has 5 heteroatoms. The fourth-order valence-corrected chi connectivity index (χ4v) is 2.51. The molecule has 1 aromatic rings. The standard InChI is InChI=1S/C13H17BrF2N2/c14-10-8-12(16)13(9-11(10)15)17-4-3-7-18-5-1-2-6-18/h8-9,17H,1-7H2. The molecule has 0 aliphatic carbocycles. The van der Waals surface area contributed by atoms with E-state index in [0.29, 0.717) is 6.54 Å². The molecular weight excluding hydrogens is 302 g/mol. The molecule has 1 aliphatic rings. The van der Waals surface area contributed by atoms with Crippen molar-refractivity contribution in [2.45, 2.75) is 19.3 Å². The minimum atomic E-state index is -0.446. The second-order valence-electron chi connectivity index (χ2n) is 4.58. The zero-order valence-corrected chi connectivity index (χ0v) is 11.8. The zero-order valence-electron chi connectivity index (χ0n) is 10.2. The Balaban J connectivity index is 1.77. The average Bonchev–Trinajstić information content (AvgIpc) is 2.84. The Morgan fingerprint density at radius 3 is 2.61 bits per heavy atom. The van der Waals surface area contributed by atoms with Gasteiger partial charge in [-0.15, -0.1) is 0 Å². The van der Waals surface area contributed by atoms with E-state index >= 15 is 0 Å². The summed E-state index contributed by atoms with van der Waals surface area (Å²) in [5.41, 5.74) is 0.233. The molecule has 0 bridgehead atoms. The third-order valence-corrected chi connectivity index (χ3v) is 3.78. The van der Waals surface area contributed by atoms with E-state index < -0.39 is 11.6 Å². The first kappa shape index (κ1) is 13.7. The Bertz CT molecular complexity index is 406. The van der Waals surface area contributed by atoms with E-state index in [0.717, 1.165) is 19.0 Å². The number of hydrogen-bond donors (Lipinski definition) is 1. The lowest BCUT2D eigenvalue weighted by Gasteiger charge is -2.15. The predicted octanol–water partition coefficient (Wildman–Crippen LogP) is 3.63. The highest BCUT2D eigenvalue weighted by atomic mass is 79.9. The number of nitrogens with zero attached hydrogens (tertiary/aromatic N) is 1. The number of benzene rings is 1. The summed E-state index contributed by atoms with van der Waals surface area (Å²) in [5, 5.41) is 2.94. The zero-order chi connectivity index (χ0) is 13.0. The van der Waals surface area contributed by atoms with Gasteiger partial charge in [-0.05, 0) is 60.9 Å². The predicted molar refractivity (Wildman–Crippen MR) is 72.8 cm³/mol. The van der Waals surface area contributed by atoms with Crippen LogP contribution in [0.4, 0.5) is 14.5 Å². The van der Waals surface area contributed by atoms with Gasteiger partial charge in [-0.1, -0.05) is 0 Å². The van der Waals surface area contributed by atoms with Crippen LogP contribution in [0.5, 0.6) is 0 Å². The van der Waals surface area contributed by atoms with Crippen LogP contribution >= 0.6 is 15.9 Å². The molecule has 1 saturated heterocycles. The highest BCUT2D eigenvalue weighted by Gasteiger charge is 2.11. The number of halogens is 3. The van der Waals surface area contributed by atoms with Crippen LogP contribution in [0.3, 0.4) is 0 Å². The topological polar surface area (TPSA) is 15.3 Å². The van der Waals surface area contributed by atoms with E-state index in [1.807, 2.05) is 0 Å². The van der Waals surface area contributed by atoms with Gasteiger partial charge in [-0.3, -0.25) is 0 Å². The molecule has 1 aromatic carbocycles. The van der Waals surface area contributed by atoms with Gasteiger partial charge in [0.15, 0.2) is 0 Å². The highest BCUT2D eigenvalue weighted by Crippen LogP contribution is 2.23. The molecule has 0 radical (unpaired) electrons. The third-order valence-electron chi connectivity index (χ3n) is 3.18. The molecule has 0 saturated carbocycles. The number of likely N-dealkylation sites (tertiary alicyclic amines) is 1. The van der Waals surface area contributed by atoms with E-state index in [-0.39, 0.29) is 10.2 Å². The van der Waals surface area contributed by atoms with Gasteiger partial charge < -0.3 is 10.2 Å². The van der Waals surface area contributed by atoms with Crippen molar-refractivity contribution in [3.63, 3.8) is 0 Å². The van der Waals surface area contributed by atoms with Crippen molar-refractivity contribution in [3.8, 4) is 0 Å². The van der Waals surface area contributed by atoms with E-state index in [1.54, 1.807) is 0 Å². The van der Waals surface area contributed by atoms with Crippen molar-refractivity contribution >= 4 is 21.6 Å². The fraction of sp³-hybridized carbons (Fsp3) is 0.538. The Kier molecular flexibility index (Phi) is 4.95. The van der Waals surface area contributed by atoms with Crippen LogP contribution in [0.1, 0.15) is 19.3 Å². The van der Waals surface area contributed by atoms with Crippen LogP contribution in [-0.2, 0) is 0 Å². The van der Waals surface area contributed by atoms with Gasteiger partial charge in [0.1, 0.15) is 11.6 Å². The van der Waals surface area contributed by atoms with Crippen molar-refractivity contribution in [1.82, 2.24) is 4.90 Å². The molecule has 1 fully saturated rings. The fourth-order valence-electron chi connectivity index (χ4n) is 2.19. The summed E-state index contributed by atoms with van der Waals surface area (Å²) in [6.45, 7) is 4.02. The molecule has 1 heterocycles. The minimum Gasteiger partial charge on any atom is -0.383 e. The lowest BCUT2D eigenvalue weighted by Crippen LogP contribution is -2.22. The molecule has 1 N–H and O–H groups in total. The van der Waals surface area contributed by atoms with Gasteiger partial charge in [-0.25, -0.2) is 8.78 Å². The molecule has 0 amide bonds. The maximum Gasteiger partial charge on any atom is 0.147 e. The first-order chi connectivity index (χ1) is 8.66. The van der Waals surface area contributed by atoms with Crippen LogP contribution in [-0.4, -0.2) is 31.1 Å². The summed E-state index contributed by atoms with van der Waals surface area (Å²) in [4.78, 5) is 2.40. The normalized spacial score (nSPS) is 16.2. The summed E-state index contributed by atoms with van der Waals surface area (Å²) in [6, 6.07) is 2.34. The average molecular weight is 319 g/mol. The quantitative estimate of drug-likeness (QED) is 0.659. The Hall–Kier alpha value is -0.680. The Labute approximate surface area is 114 Å². The Morgan fingerprint density at radius 2 is 1.89 bits per heavy atom. The van der Waals surface area contributed by atoms with Crippen LogP contribution in [0, 0.1) is 11.6 Å². The van der Waals surface area contributed by atoms with E-state index in [9.17, 15) is 8.78 Å². The lowest BCUT2D eigenvalue weighted by molar-refractivity contribution is 0.337. The van der Waals surface area contributed by atoms with Crippen molar-refractivity contribution in [1.29, 1.82) is 0 Å². The summed E-state index contributed by atoms with van der Waals surface area (Å²) >= 11 is 2.96. The van der Waals surface area contributed by atoms with Crippen molar-refractivity contribution in [3.05, 3.63) is 28.2 Å². The number of rotatable bonds is 5. The summed E-state index contributed by atoms with van der Waals surface area (Å²) in [5.74, 6) is -0.872. The van der Waals surface area contributed by atoms with E-state index in [1.165, 1.54) is 32.0 Å². The largest absolute Gasteiger partial charge is 0.383 e. The molecule has 100 valence electrons. The summed E-state index contributed by atoms with van der Waals surface area (Å²) in [6.07, 6.45) is 3.50.